The molecule has 0 saturated heterocycles. The van der Waals surface area contributed by atoms with Crippen molar-refractivity contribution in [3.05, 3.63) is 71.8 Å². The Bertz CT molecular complexity index is 1650. The average Bonchev–Trinajstić information content (AvgIpc) is 3.05. The van der Waals surface area contributed by atoms with Crippen LogP contribution in [0.1, 0.15) is 52.7 Å². The molecule has 0 aliphatic carbocycles. The van der Waals surface area contributed by atoms with Crippen molar-refractivity contribution in [1.29, 1.82) is 0 Å². The molecule has 4 aromatic carbocycles. The molecule has 0 amide bonds. The Morgan fingerprint density at radius 1 is 0.654 bits per heavy atom. The van der Waals surface area contributed by atoms with E-state index in [1.807, 2.05) is 74.5 Å². The number of nitrogens with one attached hydrogen (secondary N) is 2. The van der Waals surface area contributed by atoms with E-state index in [4.69, 9.17) is 28.1 Å². The van der Waals surface area contributed by atoms with Gasteiger partial charge in [-0.2, -0.15) is 0 Å². The van der Waals surface area contributed by atoms with E-state index in [-0.39, 0.29) is 42.1 Å². The minimum Gasteiger partial charge on any atom is -0.870 e. The van der Waals surface area contributed by atoms with E-state index in [1.54, 1.807) is 12.4 Å². The summed E-state index contributed by atoms with van der Waals surface area (Å²) < 4.78 is 45.2. The first-order valence-electron chi connectivity index (χ1n) is 16.8. The zero-order valence-corrected chi connectivity index (χ0v) is 33.9. The number of aliphatic imine (C=N–C) groups is 2. The molecule has 0 saturated carbocycles. The van der Waals surface area contributed by atoms with Crippen LogP contribution in [-0.4, -0.2) is 84.7 Å². The van der Waals surface area contributed by atoms with Gasteiger partial charge in [-0.15, -0.1) is 10.2 Å². The number of hydrogen-bond acceptors (Lipinski definition) is 12. The van der Waals surface area contributed by atoms with Crippen LogP contribution in [0.15, 0.2) is 70.6 Å². The molecular weight excluding hydrogens is 746 g/mol. The van der Waals surface area contributed by atoms with Gasteiger partial charge in [-0.1, -0.05) is 87.7 Å². The summed E-state index contributed by atoms with van der Waals surface area (Å²) in [7, 11) is -4.94. The average molecular weight is 794 g/mol. The number of fused-ring (bicyclic) bond motifs is 2. The largest absolute Gasteiger partial charge is 3.00 e. The predicted molar refractivity (Wildman–Crippen MR) is 193 cm³/mol. The Hall–Kier alpha value is -3.37. The molecule has 0 aliphatic heterocycles. The molecule has 0 unspecified atom stereocenters. The molecule has 0 aliphatic rings. The monoisotopic (exact) mass is 792 g/mol. The van der Waals surface area contributed by atoms with Gasteiger partial charge in [-0.05, 0) is 69.5 Å². The third-order valence-electron chi connectivity index (χ3n) is 7.78. The van der Waals surface area contributed by atoms with Crippen molar-refractivity contribution in [3.63, 3.8) is 0 Å². The fourth-order valence-electron chi connectivity index (χ4n) is 5.35. The number of benzene rings is 4. The number of halogens is 1. The van der Waals surface area contributed by atoms with E-state index in [0.717, 1.165) is 47.7 Å². The SMILES string of the molecule is CCOc1cc2ccccc2c(C=NCC(C)(C)CNCCNCC(C)(C)CN=Cc2c([O-])c(OCC)cc3ccccc23)c1[O-].[Ga+3].[O-][Cl+3]([O-])([O-])[O-]. The summed E-state index contributed by atoms with van der Waals surface area (Å²) in [6, 6.07) is 19.3. The first-order chi connectivity index (χ1) is 24.0. The van der Waals surface area contributed by atoms with Crippen LogP contribution < -0.4 is 49.0 Å². The van der Waals surface area contributed by atoms with E-state index in [1.165, 1.54) is 0 Å². The van der Waals surface area contributed by atoms with Gasteiger partial charge in [0.15, 0.2) is 0 Å². The minimum atomic E-state index is -4.94. The topological polar surface area (TPSA) is 206 Å². The van der Waals surface area contributed by atoms with E-state index in [0.29, 0.717) is 48.9 Å². The van der Waals surface area contributed by atoms with Crippen molar-refractivity contribution in [3.8, 4) is 23.0 Å². The van der Waals surface area contributed by atoms with Gasteiger partial charge in [-0.25, -0.2) is 18.6 Å². The maximum atomic E-state index is 13.0. The number of rotatable bonds is 17. The fraction of sp³-hybridized carbons (Fsp3) is 0.421. The molecule has 0 radical (unpaired) electrons. The summed E-state index contributed by atoms with van der Waals surface area (Å²) in [4.78, 5) is 9.37. The molecule has 0 heterocycles. The van der Waals surface area contributed by atoms with Gasteiger partial charge in [0.05, 0.1) is 13.2 Å². The van der Waals surface area contributed by atoms with Crippen LogP contribution in [0.3, 0.4) is 0 Å². The van der Waals surface area contributed by atoms with E-state index in [9.17, 15) is 10.2 Å². The maximum absolute atomic E-state index is 13.0. The third-order valence-corrected chi connectivity index (χ3v) is 7.78. The van der Waals surface area contributed by atoms with E-state index in [2.05, 4.69) is 48.3 Å². The molecule has 0 aromatic heterocycles. The molecule has 14 heteroatoms. The molecule has 0 fully saturated rings. The summed E-state index contributed by atoms with van der Waals surface area (Å²) in [6.45, 7) is 17.7. The van der Waals surface area contributed by atoms with Crippen molar-refractivity contribution in [1.82, 2.24) is 10.6 Å². The number of hydrogen-bond donors (Lipinski definition) is 2. The molecule has 278 valence electrons. The van der Waals surface area contributed by atoms with Gasteiger partial charge in [-0.3, -0.25) is 9.98 Å². The minimum absolute atomic E-state index is 0. The first-order valence-corrected chi connectivity index (χ1v) is 18.0. The molecule has 12 nitrogen and oxygen atoms in total. The Labute approximate surface area is 321 Å². The molecular formula is C38H48ClGaN4O8. The standard InChI is InChI=1S/C38H50N4O4.ClHO4.Ga/c1-7-45-33-19-27-13-9-11-15-29(27)31(35(33)43)21-41-25-37(3,4)23-39-17-18-40-24-38(5,6)26-42-22-32-30-16-12-10-14-28(30)20-34(36(32)44)46-8-2;2-1(3,4)5;/h9-16,19-22,39-40,43-44H,7-8,17-18,23-26H2,1-6H3;(H,2,3,4,5);/q;;+3/p-3. The Morgan fingerprint density at radius 3 is 1.35 bits per heavy atom. The number of ether oxygens (including phenoxy) is 2. The quantitative estimate of drug-likeness (QED) is 0.0864. The van der Waals surface area contributed by atoms with E-state index < -0.39 is 10.2 Å². The van der Waals surface area contributed by atoms with Crippen molar-refractivity contribution in [2.45, 2.75) is 41.5 Å². The van der Waals surface area contributed by atoms with Gasteiger partial charge >= 0.3 is 19.8 Å². The van der Waals surface area contributed by atoms with Crippen LogP contribution in [0.25, 0.3) is 21.5 Å². The van der Waals surface area contributed by atoms with Gasteiger partial charge in [0.25, 0.3) is 0 Å². The van der Waals surface area contributed by atoms with Crippen molar-refractivity contribution < 1.29 is 48.6 Å². The summed E-state index contributed by atoms with van der Waals surface area (Å²) in [5, 5.41) is 36.8. The van der Waals surface area contributed by atoms with Crippen molar-refractivity contribution in [2.75, 3.05) is 52.5 Å². The second-order valence-electron chi connectivity index (χ2n) is 13.5. The van der Waals surface area contributed by atoms with Crippen molar-refractivity contribution in [2.24, 2.45) is 20.8 Å². The van der Waals surface area contributed by atoms with Gasteiger partial charge in [0.2, 0.25) is 0 Å². The Kier molecular flexibility index (Phi) is 17.9. The molecule has 2 N–H and O–H groups in total. The van der Waals surface area contributed by atoms with Gasteiger partial charge < -0.3 is 30.3 Å². The fourth-order valence-corrected chi connectivity index (χ4v) is 5.35. The van der Waals surface area contributed by atoms with Crippen molar-refractivity contribution >= 4 is 53.8 Å². The Morgan fingerprint density at radius 2 is 1.00 bits per heavy atom. The smallest absolute Gasteiger partial charge is 0.870 e. The van der Waals surface area contributed by atoms with Crippen LogP contribution in [-0.2, 0) is 0 Å². The van der Waals surface area contributed by atoms with E-state index >= 15 is 0 Å². The van der Waals surface area contributed by atoms with Crippen LogP contribution >= 0.6 is 0 Å². The zero-order chi connectivity index (χ0) is 37.7. The molecule has 0 spiro atoms. The predicted octanol–water partition coefficient (Wildman–Crippen LogP) is 0.570. The second-order valence-corrected chi connectivity index (χ2v) is 14.3. The third kappa shape index (κ3) is 14.6. The number of nitrogens with zero attached hydrogens (tertiary/aromatic N) is 2. The molecule has 0 atom stereocenters. The molecule has 52 heavy (non-hydrogen) atoms. The summed E-state index contributed by atoms with van der Waals surface area (Å²) in [6.07, 6.45) is 3.41. The summed E-state index contributed by atoms with van der Waals surface area (Å²) in [5.41, 5.74) is 0.958. The Balaban J connectivity index is 0.00000146. The first kappa shape index (κ1) is 44.8. The second kappa shape index (κ2) is 20.8. The molecule has 4 rings (SSSR count). The summed E-state index contributed by atoms with van der Waals surface area (Å²) in [5.74, 6) is 0.478. The normalized spacial score (nSPS) is 12.3. The van der Waals surface area contributed by atoms with Crippen LogP contribution in [0.4, 0.5) is 0 Å². The molecule has 0 bridgehead atoms. The van der Waals surface area contributed by atoms with Crippen LogP contribution in [0.2, 0.25) is 0 Å². The van der Waals surface area contributed by atoms with Crippen LogP contribution in [0.5, 0.6) is 23.0 Å². The zero-order valence-electron chi connectivity index (χ0n) is 30.7. The van der Waals surface area contributed by atoms with Gasteiger partial charge in [0.1, 0.15) is 11.5 Å². The summed E-state index contributed by atoms with van der Waals surface area (Å²) >= 11 is 0. The molecule has 4 aromatic rings. The van der Waals surface area contributed by atoms with Crippen LogP contribution in [0, 0.1) is 21.1 Å². The maximum Gasteiger partial charge on any atom is 3.00 e. The van der Waals surface area contributed by atoms with Gasteiger partial charge in [0, 0.05) is 51.7 Å².